The Morgan fingerprint density at radius 1 is 1.16 bits per heavy atom. The Balaban J connectivity index is 2.17. The average Bonchev–Trinajstić information content (AvgIpc) is 2.84. The molecule has 0 heterocycles. The van der Waals surface area contributed by atoms with Crippen molar-refractivity contribution in [1.82, 2.24) is 0 Å². The van der Waals surface area contributed by atoms with Crippen LogP contribution in [0, 0.1) is 13.8 Å². The van der Waals surface area contributed by atoms with Crippen molar-refractivity contribution >= 4 is 11.6 Å². The SMILES string of the molecule is CCC(C)Oc1c(C)cc(NC(=O)C2(OC)CCCCCC2)cc1C. The summed E-state index contributed by atoms with van der Waals surface area (Å²) in [5.41, 5.74) is 2.22. The average molecular weight is 347 g/mol. The number of benzene rings is 1. The highest BCUT2D eigenvalue weighted by Crippen LogP contribution is 2.33. The zero-order valence-electron chi connectivity index (χ0n) is 16.4. The van der Waals surface area contributed by atoms with Crippen LogP contribution < -0.4 is 10.1 Å². The molecule has 4 heteroatoms. The third-order valence-electron chi connectivity index (χ3n) is 5.33. The molecule has 1 aromatic carbocycles. The summed E-state index contributed by atoms with van der Waals surface area (Å²) < 4.78 is 11.7. The first-order valence-corrected chi connectivity index (χ1v) is 9.56. The van der Waals surface area contributed by atoms with E-state index in [0.29, 0.717) is 0 Å². The van der Waals surface area contributed by atoms with Gasteiger partial charge in [0.25, 0.3) is 5.91 Å². The summed E-state index contributed by atoms with van der Waals surface area (Å²) in [5, 5.41) is 3.09. The first kappa shape index (κ1) is 19.8. The lowest BCUT2D eigenvalue weighted by molar-refractivity contribution is -0.139. The van der Waals surface area contributed by atoms with Crippen molar-refractivity contribution < 1.29 is 14.3 Å². The molecule has 1 amide bonds. The summed E-state index contributed by atoms with van der Waals surface area (Å²) in [4.78, 5) is 12.9. The minimum atomic E-state index is -0.690. The number of carbonyl (C=O) groups excluding carboxylic acids is 1. The summed E-state index contributed by atoms with van der Waals surface area (Å²) in [6.45, 7) is 8.24. The van der Waals surface area contributed by atoms with Gasteiger partial charge in [-0.3, -0.25) is 4.79 Å². The minimum Gasteiger partial charge on any atom is -0.490 e. The fourth-order valence-corrected chi connectivity index (χ4v) is 3.56. The molecule has 1 aliphatic carbocycles. The predicted molar refractivity (Wildman–Crippen MR) is 102 cm³/mol. The van der Waals surface area contributed by atoms with Crippen LogP contribution in [0.3, 0.4) is 0 Å². The van der Waals surface area contributed by atoms with E-state index in [2.05, 4.69) is 19.2 Å². The third kappa shape index (κ3) is 4.75. The fourth-order valence-electron chi connectivity index (χ4n) is 3.56. The molecule has 2 rings (SSSR count). The normalized spacial score (nSPS) is 18.3. The van der Waals surface area contributed by atoms with Gasteiger partial charge in [0.15, 0.2) is 0 Å². The molecule has 0 radical (unpaired) electrons. The van der Waals surface area contributed by atoms with Crippen LogP contribution >= 0.6 is 0 Å². The highest BCUT2D eigenvalue weighted by atomic mass is 16.5. The van der Waals surface area contributed by atoms with Crippen LogP contribution in [0.1, 0.15) is 69.9 Å². The van der Waals surface area contributed by atoms with Gasteiger partial charge < -0.3 is 14.8 Å². The largest absolute Gasteiger partial charge is 0.490 e. The van der Waals surface area contributed by atoms with Gasteiger partial charge in [-0.25, -0.2) is 0 Å². The molecule has 1 fully saturated rings. The molecule has 140 valence electrons. The van der Waals surface area contributed by atoms with Crippen molar-refractivity contribution in [3.8, 4) is 5.75 Å². The first-order valence-electron chi connectivity index (χ1n) is 9.56. The van der Waals surface area contributed by atoms with Gasteiger partial charge in [0, 0.05) is 12.8 Å². The Labute approximate surface area is 152 Å². The second-order valence-corrected chi connectivity index (χ2v) is 7.34. The number of ether oxygens (including phenoxy) is 2. The minimum absolute atomic E-state index is 0.0219. The molecule has 0 spiro atoms. The van der Waals surface area contributed by atoms with Crippen molar-refractivity contribution in [1.29, 1.82) is 0 Å². The lowest BCUT2D eigenvalue weighted by Crippen LogP contribution is -2.44. The Morgan fingerprint density at radius 2 is 1.72 bits per heavy atom. The summed E-state index contributed by atoms with van der Waals surface area (Å²) in [7, 11) is 1.66. The fraction of sp³-hybridized carbons (Fsp3) is 0.667. The lowest BCUT2D eigenvalue weighted by Gasteiger charge is -2.30. The van der Waals surface area contributed by atoms with E-state index < -0.39 is 5.60 Å². The van der Waals surface area contributed by atoms with Crippen LogP contribution in [-0.4, -0.2) is 24.7 Å². The van der Waals surface area contributed by atoms with Gasteiger partial charge in [0.2, 0.25) is 0 Å². The maximum absolute atomic E-state index is 12.9. The van der Waals surface area contributed by atoms with Crippen LogP contribution in [-0.2, 0) is 9.53 Å². The van der Waals surface area contributed by atoms with E-state index in [1.807, 2.05) is 26.0 Å². The van der Waals surface area contributed by atoms with Gasteiger partial charge in [-0.1, -0.05) is 32.6 Å². The molecule has 1 unspecified atom stereocenters. The number of nitrogens with one attached hydrogen (secondary N) is 1. The molecule has 4 nitrogen and oxygen atoms in total. The van der Waals surface area contributed by atoms with Gasteiger partial charge in [-0.15, -0.1) is 0 Å². The second kappa shape index (κ2) is 8.70. The van der Waals surface area contributed by atoms with E-state index in [9.17, 15) is 4.79 Å². The van der Waals surface area contributed by atoms with Gasteiger partial charge in [0.1, 0.15) is 11.4 Å². The van der Waals surface area contributed by atoms with Crippen molar-refractivity contribution in [2.45, 2.75) is 84.3 Å². The van der Waals surface area contributed by atoms with Crippen LogP contribution in [0.2, 0.25) is 0 Å². The highest BCUT2D eigenvalue weighted by molar-refractivity contribution is 5.97. The van der Waals surface area contributed by atoms with Gasteiger partial charge in [-0.2, -0.15) is 0 Å². The quantitative estimate of drug-likeness (QED) is 0.723. The predicted octanol–water partition coefficient (Wildman–Crippen LogP) is 5.16. The lowest BCUT2D eigenvalue weighted by atomic mass is 9.93. The first-order chi connectivity index (χ1) is 11.9. The van der Waals surface area contributed by atoms with Crippen LogP contribution in [0.25, 0.3) is 0 Å². The number of hydrogen-bond acceptors (Lipinski definition) is 3. The van der Waals surface area contributed by atoms with Gasteiger partial charge >= 0.3 is 0 Å². The number of methoxy groups -OCH3 is 1. The van der Waals surface area contributed by atoms with Crippen molar-refractivity contribution in [2.24, 2.45) is 0 Å². The van der Waals surface area contributed by atoms with Crippen molar-refractivity contribution in [2.75, 3.05) is 12.4 Å². The Hall–Kier alpha value is -1.55. The topological polar surface area (TPSA) is 47.6 Å². The number of carbonyl (C=O) groups is 1. The van der Waals surface area contributed by atoms with Crippen molar-refractivity contribution in [3.05, 3.63) is 23.3 Å². The molecular formula is C21H33NO3. The van der Waals surface area contributed by atoms with Crippen LogP contribution in [0.15, 0.2) is 12.1 Å². The molecule has 1 atom stereocenters. The summed E-state index contributed by atoms with van der Waals surface area (Å²) in [6, 6.07) is 3.98. The van der Waals surface area contributed by atoms with E-state index in [4.69, 9.17) is 9.47 Å². The van der Waals surface area contributed by atoms with E-state index in [0.717, 1.165) is 54.7 Å². The molecule has 0 aliphatic heterocycles. The smallest absolute Gasteiger partial charge is 0.256 e. The molecular weight excluding hydrogens is 314 g/mol. The third-order valence-corrected chi connectivity index (χ3v) is 5.33. The summed E-state index contributed by atoms with van der Waals surface area (Å²) in [5.74, 6) is 0.898. The molecule has 1 saturated carbocycles. The number of amides is 1. The second-order valence-electron chi connectivity index (χ2n) is 7.34. The standard InChI is InChI=1S/C21H33NO3/c1-6-17(4)25-19-15(2)13-18(14-16(19)3)22-20(23)21(24-5)11-9-7-8-10-12-21/h13-14,17H,6-12H2,1-5H3,(H,22,23). The van der Waals surface area contributed by atoms with Gasteiger partial charge in [-0.05, 0) is 63.3 Å². The number of aryl methyl sites for hydroxylation is 2. The highest BCUT2D eigenvalue weighted by Gasteiger charge is 2.38. The molecule has 1 aromatic rings. The van der Waals surface area contributed by atoms with E-state index in [1.54, 1.807) is 7.11 Å². The van der Waals surface area contributed by atoms with E-state index in [1.165, 1.54) is 12.8 Å². The Kier molecular flexibility index (Phi) is 6.88. The zero-order valence-corrected chi connectivity index (χ0v) is 16.4. The molecule has 0 aromatic heterocycles. The monoisotopic (exact) mass is 347 g/mol. The molecule has 1 N–H and O–H groups in total. The van der Waals surface area contributed by atoms with E-state index >= 15 is 0 Å². The van der Waals surface area contributed by atoms with Gasteiger partial charge in [0.05, 0.1) is 6.10 Å². The molecule has 0 bridgehead atoms. The maximum atomic E-state index is 12.9. The number of hydrogen-bond donors (Lipinski definition) is 1. The number of rotatable bonds is 6. The Morgan fingerprint density at radius 3 is 2.20 bits per heavy atom. The van der Waals surface area contributed by atoms with E-state index in [-0.39, 0.29) is 12.0 Å². The Bertz CT molecular complexity index is 566. The maximum Gasteiger partial charge on any atom is 0.256 e. The molecule has 1 aliphatic rings. The molecule has 25 heavy (non-hydrogen) atoms. The van der Waals surface area contributed by atoms with Crippen LogP contribution in [0.5, 0.6) is 5.75 Å². The summed E-state index contributed by atoms with van der Waals surface area (Å²) in [6.07, 6.45) is 7.18. The number of anilines is 1. The van der Waals surface area contributed by atoms with Crippen molar-refractivity contribution in [3.63, 3.8) is 0 Å². The van der Waals surface area contributed by atoms with Crippen LogP contribution in [0.4, 0.5) is 5.69 Å². The summed E-state index contributed by atoms with van der Waals surface area (Å²) >= 11 is 0. The zero-order chi connectivity index (χ0) is 18.4. The molecule has 0 saturated heterocycles.